The minimum absolute atomic E-state index is 0.207. The Morgan fingerprint density at radius 1 is 0.518 bits per heavy atom. The smallest absolute Gasteiger partial charge is 0.234 e. The normalized spacial score (nSPS) is 14.0. The van der Waals surface area contributed by atoms with Crippen LogP contribution in [-0.2, 0) is 0 Å². The van der Waals surface area contributed by atoms with E-state index in [0.29, 0.717) is 5.95 Å². The fourth-order valence-corrected chi connectivity index (χ4v) is 8.89. The van der Waals surface area contributed by atoms with Crippen molar-refractivity contribution in [3.8, 4) is 22.5 Å². The van der Waals surface area contributed by atoms with Gasteiger partial charge in [-0.05, 0) is 83.4 Å². The summed E-state index contributed by atoms with van der Waals surface area (Å²) in [5, 5.41) is 6.12. The van der Waals surface area contributed by atoms with Crippen molar-refractivity contribution in [2.24, 2.45) is 0 Å². The van der Waals surface area contributed by atoms with Crippen molar-refractivity contribution in [2.45, 2.75) is 19.3 Å². The van der Waals surface area contributed by atoms with E-state index in [1.807, 2.05) is 18.5 Å². The average molecular weight is 720 g/mol. The first kappa shape index (κ1) is 32.2. The van der Waals surface area contributed by atoms with Crippen LogP contribution in [0.25, 0.3) is 72.1 Å². The molecule has 0 radical (unpaired) electrons. The molecule has 0 N–H and O–H groups in total. The van der Waals surface area contributed by atoms with Crippen LogP contribution in [0.1, 0.15) is 30.5 Å². The fourth-order valence-electron chi connectivity index (χ4n) is 8.89. The van der Waals surface area contributed by atoms with E-state index < -0.39 is 0 Å². The molecule has 10 aromatic rings. The number of hydrogen-bond donors (Lipinski definition) is 0. The average Bonchev–Trinajstić information content (AvgIpc) is 3.78. The van der Waals surface area contributed by atoms with Gasteiger partial charge in [0.05, 0.1) is 16.6 Å². The van der Waals surface area contributed by atoms with E-state index in [2.05, 4.69) is 191 Å². The molecule has 5 heteroatoms. The van der Waals surface area contributed by atoms with Gasteiger partial charge in [-0.25, -0.2) is 9.97 Å². The zero-order valence-electron chi connectivity index (χ0n) is 30.9. The van der Waals surface area contributed by atoms with Crippen molar-refractivity contribution >= 4 is 61.2 Å². The molecular formula is C51H37N5. The maximum Gasteiger partial charge on any atom is 0.234 e. The summed E-state index contributed by atoms with van der Waals surface area (Å²) in [7, 11) is 0. The van der Waals surface area contributed by atoms with Crippen molar-refractivity contribution in [3.63, 3.8) is 0 Å². The number of nitrogens with zero attached hydrogens (tertiary/aromatic N) is 5. The number of fused-ring (bicyclic) bond motifs is 7. The summed E-state index contributed by atoms with van der Waals surface area (Å²) in [5.41, 5.74) is 12.7. The quantitative estimate of drug-likeness (QED) is 0.172. The maximum absolute atomic E-state index is 5.09. The highest BCUT2D eigenvalue weighted by atomic mass is 15.3. The summed E-state index contributed by atoms with van der Waals surface area (Å²) >= 11 is 0. The molecule has 56 heavy (non-hydrogen) atoms. The second kappa shape index (κ2) is 13.0. The van der Waals surface area contributed by atoms with Gasteiger partial charge >= 0.3 is 0 Å². The second-order valence-corrected chi connectivity index (χ2v) is 14.8. The van der Waals surface area contributed by atoms with Crippen LogP contribution in [-0.4, -0.2) is 19.1 Å². The van der Waals surface area contributed by atoms with Gasteiger partial charge < -0.3 is 9.13 Å². The first-order chi connectivity index (χ1) is 27.7. The largest absolute Gasteiger partial charge is 0.313 e. The topological polar surface area (TPSA) is 38.9 Å². The van der Waals surface area contributed by atoms with Crippen LogP contribution in [0.4, 0.5) is 11.6 Å². The molecule has 0 saturated heterocycles. The number of allylic oxidation sites excluding steroid dienone is 1. The highest BCUT2D eigenvalue weighted by Gasteiger charge is 2.30. The zero-order valence-corrected chi connectivity index (χ0v) is 30.9. The molecule has 0 aliphatic heterocycles. The van der Waals surface area contributed by atoms with Crippen molar-refractivity contribution in [2.75, 3.05) is 4.90 Å². The van der Waals surface area contributed by atoms with Gasteiger partial charge in [-0.2, -0.15) is 0 Å². The van der Waals surface area contributed by atoms with E-state index in [-0.39, 0.29) is 5.92 Å². The van der Waals surface area contributed by atoms with Crippen molar-refractivity contribution < 1.29 is 0 Å². The molecule has 1 unspecified atom stereocenters. The molecule has 266 valence electrons. The number of hydrogen-bond acceptors (Lipinski definition) is 3. The molecule has 1 atom stereocenters. The van der Waals surface area contributed by atoms with Crippen LogP contribution >= 0.6 is 0 Å². The molecular weight excluding hydrogens is 683 g/mol. The first-order valence-electron chi connectivity index (χ1n) is 19.3. The Morgan fingerprint density at radius 3 is 1.95 bits per heavy atom. The van der Waals surface area contributed by atoms with Crippen molar-refractivity contribution in [3.05, 3.63) is 199 Å². The summed E-state index contributed by atoms with van der Waals surface area (Å²) < 4.78 is 4.84. The zero-order chi connectivity index (χ0) is 37.2. The maximum atomic E-state index is 5.09. The molecule has 0 saturated carbocycles. The highest BCUT2D eigenvalue weighted by Crippen LogP contribution is 2.45. The van der Waals surface area contributed by atoms with Gasteiger partial charge in [-0.3, -0.25) is 4.90 Å². The van der Waals surface area contributed by atoms with E-state index in [0.717, 1.165) is 40.1 Å². The van der Waals surface area contributed by atoms with Crippen LogP contribution in [0.5, 0.6) is 0 Å². The number of anilines is 2. The summed E-state index contributed by atoms with van der Waals surface area (Å²) in [4.78, 5) is 12.5. The lowest BCUT2D eigenvalue weighted by Crippen LogP contribution is -2.23. The molecule has 3 aromatic heterocycles. The lowest BCUT2D eigenvalue weighted by atomic mass is 9.90. The molecule has 3 heterocycles. The SMILES string of the molecule is CC1CC(N(c2ccc3c(c2)c2ccccc2n3-c2ccccc2)c2ncc(-c3ccccc3)cn2)=Cc2c1n(-c1ccc3ccccc3c1)c1ccccc21. The van der Waals surface area contributed by atoms with Gasteiger partial charge in [0.25, 0.3) is 0 Å². The highest BCUT2D eigenvalue weighted by molar-refractivity contribution is 6.10. The number of para-hydroxylation sites is 3. The molecule has 0 amide bonds. The van der Waals surface area contributed by atoms with E-state index >= 15 is 0 Å². The minimum Gasteiger partial charge on any atom is -0.313 e. The van der Waals surface area contributed by atoms with Crippen LogP contribution in [0.2, 0.25) is 0 Å². The Balaban J connectivity index is 1.12. The van der Waals surface area contributed by atoms with Gasteiger partial charge in [-0.1, -0.05) is 122 Å². The monoisotopic (exact) mass is 719 g/mol. The molecule has 0 spiro atoms. The standard InChI is InChI=1S/C51H37N5/c1-34-28-42(31-46-44-21-11-13-23-48(44)56(50(34)46)40-25-24-36-16-8-9-17-37(36)29-40)54(51-52-32-38(33-53-51)35-14-4-2-5-15-35)41-26-27-49-45(30-41)43-20-10-12-22-47(43)55(49)39-18-6-3-7-19-39/h2-27,29-34H,28H2,1H3. The molecule has 1 aliphatic carbocycles. The number of benzene rings is 7. The molecule has 11 rings (SSSR count). The third kappa shape index (κ3) is 5.16. The lowest BCUT2D eigenvalue weighted by Gasteiger charge is -2.31. The van der Waals surface area contributed by atoms with E-state index in [9.17, 15) is 0 Å². The second-order valence-electron chi connectivity index (χ2n) is 14.8. The van der Waals surface area contributed by atoms with Gasteiger partial charge in [0.1, 0.15) is 0 Å². The van der Waals surface area contributed by atoms with Gasteiger partial charge in [0.2, 0.25) is 5.95 Å². The Labute approximate surface area is 325 Å². The Morgan fingerprint density at radius 2 is 1.16 bits per heavy atom. The van der Waals surface area contributed by atoms with E-state index in [1.54, 1.807) is 0 Å². The first-order valence-corrected chi connectivity index (χ1v) is 19.3. The molecule has 0 fully saturated rings. The summed E-state index contributed by atoms with van der Waals surface area (Å²) in [6.07, 6.45) is 7.11. The lowest BCUT2D eigenvalue weighted by molar-refractivity contribution is 0.689. The third-order valence-corrected chi connectivity index (χ3v) is 11.4. The van der Waals surface area contributed by atoms with Crippen molar-refractivity contribution in [1.29, 1.82) is 0 Å². The van der Waals surface area contributed by atoms with Crippen molar-refractivity contribution in [1.82, 2.24) is 19.1 Å². The molecule has 1 aliphatic rings. The van der Waals surface area contributed by atoms with E-state index in [4.69, 9.17) is 9.97 Å². The summed E-state index contributed by atoms with van der Waals surface area (Å²) in [6.45, 7) is 2.36. The molecule has 5 nitrogen and oxygen atoms in total. The fraction of sp³-hybridized carbons (Fsp3) is 0.0588. The molecule has 0 bridgehead atoms. The van der Waals surface area contributed by atoms with Gasteiger partial charge in [0, 0.05) is 74.1 Å². The van der Waals surface area contributed by atoms with Gasteiger partial charge in [-0.15, -0.1) is 0 Å². The number of rotatable bonds is 6. The minimum atomic E-state index is 0.207. The third-order valence-electron chi connectivity index (χ3n) is 11.4. The van der Waals surface area contributed by atoms with Crippen LogP contribution in [0, 0.1) is 0 Å². The number of aromatic nitrogens is 4. The Kier molecular flexibility index (Phi) is 7.46. The molecule has 7 aromatic carbocycles. The van der Waals surface area contributed by atoms with E-state index in [1.165, 1.54) is 54.9 Å². The van der Waals surface area contributed by atoms with Crippen LogP contribution < -0.4 is 4.90 Å². The van der Waals surface area contributed by atoms with Crippen LogP contribution in [0.15, 0.2) is 188 Å². The Hall–Kier alpha value is -7.24. The summed E-state index contributed by atoms with van der Waals surface area (Å²) in [5.74, 6) is 0.856. The summed E-state index contributed by atoms with van der Waals surface area (Å²) in [6, 6.07) is 60.7. The predicted octanol–water partition coefficient (Wildman–Crippen LogP) is 13.0. The predicted molar refractivity (Wildman–Crippen MR) is 232 cm³/mol. The Bertz CT molecular complexity index is 3120. The van der Waals surface area contributed by atoms with Gasteiger partial charge in [0.15, 0.2) is 0 Å². The van der Waals surface area contributed by atoms with Crippen LogP contribution in [0.3, 0.4) is 0 Å².